The largest absolute Gasteiger partial charge is 0.495 e. The van der Waals surface area contributed by atoms with Crippen molar-refractivity contribution in [1.29, 1.82) is 0 Å². The van der Waals surface area contributed by atoms with Gasteiger partial charge in [0.05, 0.1) is 12.7 Å². The third kappa shape index (κ3) is 2.87. The van der Waals surface area contributed by atoms with Gasteiger partial charge < -0.3 is 24.1 Å². The third-order valence-electron chi connectivity index (χ3n) is 4.80. The quantitative estimate of drug-likeness (QED) is 0.875. The van der Waals surface area contributed by atoms with E-state index in [4.69, 9.17) is 18.9 Å². The highest BCUT2D eigenvalue weighted by Gasteiger charge is 2.36. The Kier molecular flexibility index (Phi) is 4.18. The lowest BCUT2D eigenvalue weighted by atomic mass is 9.92. The Hall–Kier alpha value is -3.15. The zero-order chi connectivity index (χ0) is 19.1. The molecule has 0 amide bonds. The molecule has 0 radical (unpaired) electrons. The summed E-state index contributed by atoms with van der Waals surface area (Å²) in [5.74, 6) is 1.31. The van der Waals surface area contributed by atoms with Crippen molar-refractivity contribution in [2.45, 2.75) is 25.9 Å². The molecule has 0 saturated heterocycles. The molecule has 27 heavy (non-hydrogen) atoms. The van der Waals surface area contributed by atoms with E-state index in [1.807, 2.05) is 18.2 Å². The van der Waals surface area contributed by atoms with Gasteiger partial charge in [-0.2, -0.15) is 0 Å². The van der Waals surface area contributed by atoms with Crippen LogP contribution in [0, 0.1) is 0 Å². The van der Waals surface area contributed by atoms with Crippen LogP contribution in [-0.4, -0.2) is 25.0 Å². The summed E-state index contributed by atoms with van der Waals surface area (Å²) in [5.41, 5.74) is 2.45. The van der Waals surface area contributed by atoms with Crippen LogP contribution in [0.3, 0.4) is 0 Å². The van der Waals surface area contributed by atoms with E-state index in [-0.39, 0.29) is 12.4 Å². The minimum absolute atomic E-state index is 0.0600. The summed E-state index contributed by atoms with van der Waals surface area (Å²) in [6.07, 6.45) is -0.815. The van der Waals surface area contributed by atoms with Gasteiger partial charge in [-0.1, -0.05) is 26.0 Å². The molecule has 140 valence electrons. The Morgan fingerprint density at radius 3 is 2.56 bits per heavy atom. The Bertz CT molecular complexity index is 944. The van der Waals surface area contributed by atoms with Crippen molar-refractivity contribution in [2.75, 3.05) is 13.9 Å². The van der Waals surface area contributed by atoms with Gasteiger partial charge >= 0.3 is 5.97 Å². The molecule has 0 spiro atoms. The van der Waals surface area contributed by atoms with Crippen molar-refractivity contribution in [3.05, 3.63) is 58.7 Å². The molecule has 2 aliphatic rings. The summed E-state index contributed by atoms with van der Waals surface area (Å²) in [5, 5.41) is 9.90. The number of rotatable bonds is 4. The van der Waals surface area contributed by atoms with Gasteiger partial charge in [0.15, 0.2) is 17.6 Å². The minimum Gasteiger partial charge on any atom is -0.495 e. The maximum Gasteiger partial charge on any atom is 0.339 e. The second kappa shape index (κ2) is 6.54. The Balaban J connectivity index is 1.86. The fraction of sp³-hybridized carbons (Fsp3) is 0.286. The predicted molar refractivity (Wildman–Crippen MR) is 98.0 cm³/mol. The average Bonchev–Trinajstić information content (AvgIpc) is 3.13. The van der Waals surface area contributed by atoms with E-state index in [9.17, 15) is 9.90 Å². The standard InChI is InChI=1S/C21H20O6/c1-11(2)12-4-6-15-14(8-12)20(24-3)18(21(22)23)19(27-15)13-5-7-16-17(9-13)26-10-25-16/h4-9,11,19H,10H2,1-3H3,(H,22,23). The normalized spacial score (nSPS) is 17.6. The van der Waals surface area contributed by atoms with Gasteiger partial charge in [0.25, 0.3) is 0 Å². The van der Waals surface area contributed by atoms with Gasteiger partial charge in [0.1, 0.15) is 17.1 Å². The van der Waals surface area contributed by atoms with Gasteiger partial charge in [-0.05, 0) is 35.7 Å². The molecule has 0 aliphatic carbocycles. The highest BCUT2D eigenvalue weighted by Crippen LogP contribution is 2.45. The third-order valence-corrected chi connectivity index (χ3v) is 4.80. The molecular formula is C21H20O6. The molecule has 2 aliphatic heterocycles. The average molecular weight is 368 g/mol. The number of hydrogen-bond donors (Lipinski definition) is 1. The number of ether oxygens (including phenoxy) is 4. The van der Waals surface area contributed by atoms with Gasteiger partial charge in [-0.25, -0.2) is 4.79 Å². The number of benzene rings is 2. The zero-order valence-corrected chi connectivity index (χ0v) is 15.3. The number of carboxylic acid groups (broad SMARTS) is 1. The van der Waals surface area contributed by atoms with E-state index in [0.29, 0.717) is 40.1 Å². The van der Waals surface area contributed by atoms with Crippen LogP contribution in [0.1, 0.15) is 42.6 Å². The summed E-state index contributed by atoms with van der Waals surface area (Å²) in [7, 11) is 1.48. The highest BCUT2D eigenvalue weighted by molar-refractivity contribution is 5.98. The van der Waals surface area contributed by atoms with Crippen LogP contribution >= 0.6 is 0 Å². The lowest BCUT2D eigenvalue weighted by molar-refractivity contribution is -0.133. The van der Waals surface area contributed by atoms with Crippen molar-refractivity contribution in [3.63, 3.8) is 0 Å². The Labute approximate surface area is 156 Å². The number of aliphatic carboxylic acids is 1. The molecule has 4 rings (SSSR count). The summed E-state index contributed by atoms with van der Waals surface area (Å²) in [6.45, 7) is 4.31. The van der Waals surface area contributed by atoms with Crippen molar-refractivity contribution in [3.8, 4) is 17.2 Å². The summed E-state index contributed by atoms with van der Waals surface area (Å²) in [4.78, 5) is 12.1. The van der Waals surface area contributed by atoms with Gasteiger partial charge in [0, 0.05) is 5.56 Å². The lowest BCUT2D eigenvalue weighted by Crippen LogP contribution is -2.23. The van der Waals surface area contributed by atoms with E-state index >= 15 is 0 Å². The van der Waals surface area contributed by atoms with Crippen LogP contribution in [-0.2, 0) is 9.53 Å². The second-order valence-corrected chi connectivity index (χ2v) is 6.77. The number of carboxylic acids is 1. The lowest BCUT2D eigenvalue weighted by Gasteiger charge is -2.29. The maximum atomic E-state index is 12.1. The maximum absolute atomic E-state index is 12.1. The summed E-state index contributed by atoms with van der Waals surface area (Å²) < 4.78 is 22.4. The first-order valence-electron chi connectivity index (χ1n) is 8.71. The molecule has 2 aromatic rings. The molecular weight excluding hydrogens is 348 g/mol. The SMILES string of the molecule is COC1=C(C(=O)O)C(c2ccc3c(c2)OCO3)Oc2ccc(C(C)C)cc21. The molecule has 2 aromatic carbocycles. The van der Waals surface area contributed by atoms with Crippen LogP contribution in [0.15, 0.2) is 42.0 Å². The van der Waals surface area contributed by atoms with E-state index < -0.39 is 12.1 Å². The first kappa shape index (κ1) is 17.3. The fourth-order valence-electron chi connectivity index (χ4n) is 3.38. The van der Waals surface area contributed by atoms with Crippen LogP contribution in [0.2, 0.25) is 0 Å². The zero-order valence-electron chi connectivity index (χ0n) is 15.3. The first-order chi connectivity index (χ1) is 13.0. The van der Waals surface area contributed by atoms with E-state index in [1.165, 1.54) is 7.11 Å². The van der Waals surface area contributed by atoms with Gasteiger partial charge in [-0.3, -0.25) is 0 Å². The number of fused-ring (bicyclic) bond motifs is 2. The smallest absolute Gasteiger partial charge is 0.339 e. The Morgan fingerprint density at radius 2 is 1.85 bits per heavy atom. The van der Waals surface area contributed by atoms with Gasteiger partial charge in [0.2, 0.25) is 6.79 Å². The molecule has 1 atom stereocenters. The van der Waals surface area contributed by atoms with Gasteiger partial charge in [-0.15, -0.1) is 0 Å². The number of hydrogen-bond acceptors (Lipinski definition) is 5. The topological polar surface area (TPSA) is 74.2 Å². The van der Waals surface area contributed by atoms with Crippen molar-refractivity contribution >= 4 is 11.7 Å². The van der Waals surface area contributed by atoms with Crippen molar-refractivity contribution in [1.82, 2.24) is 0 Å². The second-order valence-electron chi connectivity index (χ2n) is 6.77. The van der Waals surface area contributed by atoms with E-state index in [2.05, 4.69) is 13.8 Å². The highest BCUT2D eigenvalue weighted by atomic mass is 16.7. The van der Waals surface area contributed by atoms with Crippen molar-refractivity contribution in [2.24, 2.45) is 0 Å². The summed E-state index contributed by atoms with van der Waals surface area (Å²) in [6, 6.07) is 11.1. The molecule has 0 saturated carbocycles. The van der Waals surface area contributed by atoms with Crippen LogP contribution < -0.4 is 14.2 Å². The predicted octanol–water partition coefficient (Wildman–Crippen LogP) is 4.11. The molecule has 6 heteroatoms. The minimum atomic E-state index is -1.09. The van der Waals surface area contributed by atoms with E-state index in [0.717, 1.165) is 5.56 Å². The molecule has 0 aromatic heterocycles. The van der Waals surface area contributed by atoms with Crippen molar-refractivity contribution < 1.29 is 28.8 Å². The van der Waals surface area contributed by atoms with E-state index in [1.54, 1.807) is 18.2 Å². The molecule has 1 unspecified atom stereocenters. The molecule has 1 N–H and O–H groups in total. The molecule has 6 nitrogen and oxygen atoms in total. The van der Waals surface area contributed by atoms with Crippen LogP contribution in [0.5, 0.6) is 17.2 Å². The fourth-order valence-corrected chi connectivity index (χ4v) is 3.38. The number of carbonyl (C=O) groups is 1. The Morgan fingerprint density at radius 1 is 1.11 bits per heavy atom. The monoisotopic (exact) mass is 368 g/mol. The first-order valence-corrected chi connectivity index (χ1v) is 8.71. The van der Waals surface area contributed by atoms with Crippen LogP contribution in [0.25, 0.3) is 5.76 Å². The number of methoxy groups -OCH3 is 1. The molecule has 2 heterocycles. The van der Waals surface area contributed by atoms with Crippen LogP contribution in [0.4, 0.5) is 0 Å². The molecule has 0 fully saturated rings. The summed E-state index contributed by atoms with van der Waals surface area (Å²) >= 11 is 0. The molecule has 0 bridgehead atoms.